The van der Waals surface area contributed by atoms with Crippen molar-refractivity contribution in [2.75, 3.05) is 13.7 Å². The molecule has 1 aromatic carbocycles. The molecule has 20 heavy (non-hydrogen) atoms. The van der Waals surface area contributed by atoms with Gasteiger partial charge in [0.1, 0.15) is 5.75 Å². The second-order valence-electron chi connectivity index (χ2n) is 5.11. The molecule has 1 atom stereocenters. The molecule has 0 bridgehead atoms. The smallest absolute Gasteiger partial charge is 0.240 e. The third-order valence-corrected chi connectivity index (χ3v) is 5.34. The summed E-state index contributed by atoms with van der Waals surface area (Å²) in [5, 5.41) is 0.268. The van der Waals surface area contributed by atoms with E-state index in [1.54, 1.807) is 13.0 Å². The predicted octanol–water partition coefficient (Wildman–Crippen LogP) is 1.67. The monoisotopic (exact) mass is 318 g/mol. The van der Waals surface area contributed by atoms with Gasteiger partial charge in [0.15, 0.2) is 0 Å². The summed E-state index contributed by atoms with van der Waals surface area (Å²) in [6.07, 6.45) is 2.16. The average Bonchev–Trinajstić information content (AvgIpc) is 3.22. The van der Waals surface area contributed by atoms with Crippen molar-refractivity contribution in [2.45, 2.75) is 30.7 Å². The third kappa shape index (κ3) is 3.44. The zero-order valence-corrected chi connectivity index (χ0v) is 13.1. The van der Waals surface area contributed by atoms with Gasteiger partial charge in [0.2, 0.25) is 10.0 Å². The SMILES string of the molecule is COc1cc(C)c(S(=O)(=O)NCC(N)C2CC2)cc1Cl. The number of hydrogen-bond acceptors (Lipinski definition) is 4. The van der Waals surface area contributed by atoms with E-state index in [0.29, 0.717) is 17.2 Å². The molecule has 7 heteroatoms. The first kappa shape index (κ1) is 15.6. The van der Waals surface area contributed by atoms with Gasteiger partial charge in [-0.05, 0) is 43.4 Å². The fourth-order valence-corrected chi connectivity index (χ4v) is 3.69. The molecule has 0 saturated heterocycles. The molecule has 0 aromatic heterocycles. The maximum atomic E-state index is 12.3. The Morgan fingerprint density at radius 3 is 2.70 bits per heavy atom. The summed E-state index contributed by atoms with van der Waals surface area (Å²) < 4.78 is 32.2. The first-order valence-corrected chi connectivity index (χ1v) is 8.30. The molecule has 1 aliphatic rings. The summed E-state index contributed by atoms with van der Waals surface area (Å²) >= 11 is 5.99. The Hall–Kier alpha value is -0.820. The maximum absolute atomic E-state index is 12.3. The van der Waals surface area contributed by atoms with E-state index in [0.717, 1.165) is 12.8 Å². The van der Waals surface area contributed by atoms with Crippen LogP contribution in [0.3, 0.4) is 0 Å². The number of nitrogens with two attached hydrogens (primary N) is 1. The van der Waals surface area contributed by atoms with Crippen LogP contribution in [0.15, 0.2) is 17.0 Å². The molecule has 1 aliphatic carbocycles. The molecule has 2 rings (SSSR count). The van der Waals surface area contributed by atoms with Crippen molar-refractivity contribution in [1.29, 1.82) is 0 Å². The molecule has 1 aromatic rings. The number of benzene rings is 1. The summed E-state index contributed by atoms with van der Waals surface area (Å²) in [4.78, 5) is 0.159. The average molecular weight is 319 g/mol. The minimum atomic E-state index is -3.61. The fraction of sp³-hybridized carbons (Fsp3) is 0.538. The fourth-order valence-electron chi connectivity index (χ4n) is 2.06. The van der Waals surface area contributed by atoms with Crippen LogP contribution in [0.5, 0.6) is 5.75 Å². The van der Waals surface area contributed by atoms with Crippen molar-refractivity contribution >= 4 is 21.6 Å². The highest BCUT2D eigenvalue weighted by Crippen LogP contribution is 2.32. The zero-order chi connectivity index (χ0) is 14.9. The number of ether oxygens (including phenoxy) is 1. The van der Waals surface area contributed by atoms with Crippen molar-refractivity contribution in [2.24, 2.45) is 11.7 Å². The second kappa shape index (κ2) is 5.89. The van der Waals surface area contributed by atoms with E-state index in [2.05, 4.69) is 4.72 Å². The Kier molecular flexibility index (Phi) is 4.59. The van der Waals surface area contributed by atoms with E-state index in [9.17, 15) is 8.42 Å². The predicted molar refractivity (Wildman–Crippen MR) is 78.6 cm³/mol. The van der Waals surface area contributed by atoms with Crippen molar-refractivity contribution in [1.82, 2.24) is 4.72 Å². The van der Waals surface area contributed by atoms with E-state index in [1.807, 2.05) is 0 Å². The minimum absolute atomic E-state index is 0.126. The van der Waals surface area contributed by atoms with Crippen LogP contribution in [0.2, 0.25) is 5.02 Å². The van der Waals surface area contributed by atoms with E-state index in [4.69, 9.17) is 22.1 Å². The summed E-state index contributed by atoms with van der Waals surface area (Å²) in [6, 6.07) is 2.89. The Balaban J connectivity index is 2.18. The normalized spacial score (nSPS) is 17.0. The van der Waals surface area contributed by atoms with Crippen LogP contribution < -0.4 is 15.2 Å². The number of halogens is 1. The molecule has 1 unspecified atom stereocenters. The van der Waals surface area contributed by atoms with E-state index >= 15 is 0 Å². The zero-order valence-electron chi connectivity index (χ0n) is 11.5. The lowest BCUT2D eigenvalue weighted by Gasteiger charge is -2.14. The highest BCUT2D eigenvalue weighted by Gasteiger charge is 2.29. The molecular weight excluding hydrogens is 300 g/mol. The van der Waals surface area contributed by atoms with Crippen LogP contribution in [0, 0.1) is 12.8 Å². The first-order chi connectivity index (χ1) is 9.35. The van der Waals surface area contributed by atoms with Crippen LogP contribution in [-0.2, 0) is 10.0 Å². The highest BCUT2D eigenvalue weighted by molar-refractivity contribution is 7.89. The molecular formula is C13H19ClN2O3S. The number of rotatable bonds is 6. The Bertz CT molecular complexity index is 600. The summed E-state index contributed by atoms with van der Waals surface area (Å²) in [6.45, 7) is 1.95. The standard InChI is InChI=1S/C13H19ClN2O3S/c1-8-5-12(19-2)10(14)6-13(8)20(17,18)16-7-11(15)9-3-4-9/h5-6,9,11,16H,3-4,7,15H2,1-2H3. The summed E-state index contributed by atoms with van der Waals surface area (Å²) in [5.41, 5.74) is 6.49. The molecule has 5 nitrogen and oxygen atoms in total. The van der Waals surface area contributed by atoms with Gasteiger partial charge in [-0.2, -0.15) is 0 Å². The number of aryl methyl sites for hydroxylation is 1. The Labute approximate surface area is 124 Å². The molecule has 112 valence electrons. The molecule has 0 spiro atoms. The largest absolute Gasteiger partial charge is 0.495 e. The number of nitrogens with one attached hydrogen (secondary N) is 1. The first-order valence-electron chi connectivity index (χ1n) is 6.44. The van der Waals surface area contributed by atoms with Crippen molar-refractivity contribution in [3.63, 3.8) is 0 Å². The minimum Gasteiger partial charge on any atom is -0.495 e. The Morgan fingerprint density at radius 1 is 1.50 bits per heavy atom. The lowest BCUT2D eigenvalue weighted by Crippen LogP contribution is -2.38. The summed E-state index contributed by atoms with van der Waals surface area (Å²) in [5.74, 6) is 0.899. The van der Waals surface area contributed by atoms with Crippen molar-refractivity contribution in [3.8, 4) is 5.75 Å². The van der Waals surface area contributed by atoms with Crippen molar-refractivity contribution < 1.29 is 13.2 Å². The van der Waals surface area contributed by atoms with Gasteiger partial charge >= 0.3 is 0 Å². The van der Waals surface area contributed by atoms with Gasteiger partial charge in [-0.25, -0.2) is 13.1 Å². The maximum Gasteiger partial charge on any atom is 0.240 e. The molecule has 0 heterocycles. The topological polar surface area (TPSA) is 81.4 Å². The van der Waals surface area contributed by atoms with Gasteiger partial charge in [-0.1, -0.05) is 11.6 Å². The van der Waals surface area contributed by atoms with Crippen LogP contribution in [-0.4, -0.2) is 28.1 Å². The number of methoxy groups -OCH3 is 1. The molecule has 1 fully saturated rings. The lowest BCUT2D eigenvalue weighted by molar-refractivity contribution is 0.414. The van der Waals surface area contributed by atoms with E-state index < -0.39 is 10.0 Å². The molecule has 3 N–H and O–H groups in total. The number of hydrogen-bond donors (Lipinski definition) is 2. The van der Waals surface area contributed by atoms with E-state index in [1.165, 1.54) is 13.2 Å². The third-order valence-electron chi connectivity index (χ3n) is 3.48. The van der Waals surface area contributed by atoms with Crippen molar-refractivity contribution in [3.05, 3.63) is 22.7 Å². The highest BCUT2D eigenvalue weighted by atomic mass is 35.5. The molecule has 0 radical (unpaired) electrons. The van der Waals surface area contributed by atoms with Crippen LogP contribution in [0.25, 0.3) is 0 Å². The van der Waals surface area contributed by atoms with Gasteiger partial charge in [-0.3, -0.25) is 0 Å². The van der Waals surface area contributed by atoms with Gasteiger partial charge in [0.25, 0.3) is 0 Å². The molecule has 0 amide bonds. The van der Waals surface area contributed by atoms with Gasteiger partial charge in [-0.15, -0.1) is 0 Å². The van der Waals surface area contributed by atoms with Crippen LogP contribution >= 0.6 is 11.6 Å². The van der Waals surface area contributed by atoms with Crippen LogP contribution in [0.4, 0.5) is 0 Å². The molecule has 0 aliphatic heterocycles. The Morgan fingerprint density at radius 2 is 2.15 bits per heavy atom. The van der Waals surface area contributed by atoms with Gasteiger partial charge in [0, 0.05) is 12.6 Å². The van der Waals surface area contributed by atoms with E-state index in [-0.39, 0.29) is 22.5 Å². The van der Waals surface area contributed by atoms with Gasteiger partial charge < -0.3 is 10.5 Å². The quantitative estimate of drug-likeness (QED) is 0.836. The molecule has 1 saturated carbocycles. The van der Waals surface area contributed by atoms with Crippen LogP contribution in [0.1, 0.15) is 18.4 Å². The number of sulfonamides is 1. The second-order valence-corrected chi connectivity index (χ2v) is 7.25. The van der Waals surface area contributed by atoms with Gasteiger partial charge in [0.05, 0.1) is 17.0 Å². The summed E-state index contributed by atoms with van der Waals surface area (Å²) in [7, 11) is -2.12. The lowest BCUT2D eigenvalue weighted by atomic mass is 10.2.